The van der Waals surface area contributed by atoms with E-state index in [1.807, 2.05) is 52.1 Å². The molecule has 30 heavy (non-hydrogen) atoms. The lowest BCUT2D eigenvalue weighted by Gasteiger charge is -2.24. The Morgan fingerprint density at radius 1 is 1.13 bits per heavy atom. The number of aromatic nitrogens is 3. The number of pyridine rings is 1. The summed E-state index contributed by atoms with van der Waals surface area (Å²) in [7, 11) is 1.85. The molecule has 1 N–H and O–H groups in total. The number of ether oxygens (including phenoxy) is 2. The lowest BCUT2D eigenvalue weighted by Crippen LogP contribution is -2.31. The van der Waals surface area contributed by atoms with Crippen molar-refractivity contribution in [2.75, 3.05) is 13.2 Å². The second-order valence-corrected chi connectivity index (χ2v) is 7.57. The minimum atomic E-state index is -0.182. The molecule has 0 saturated carbocycles. The second-order valence-electron chi connectivity index (χ2n) is 7.57. The maximum absolute atomic E-state index is 13.0. The molecule has 3 rings (SSSR count). The fourth-order valence-corrected chi connectivity index (χ4v) is 3.55. The molecule has 1 amide bonds. The lowest BCUT2D eigenvalue weighted by atomic mass is 9.95. The van der Waals surface area contributed by atoms with Gasteiger partial charge in [-0.2, -0.15) is 5.10 Å². The van der Waals surface area contributed by atoms with Gasteiger partial charge in [0.2, 0.25) is 0 Å². The molecule has 160 valence electrons. The summed E-state index contributed by atoms with van der Waals surface area (Å²) in [5, 5.41) is 8.41. The highest BCUT2D eigenvalue weighted by molar-refractivity contribution is 5.97. The standard InChI is InChI=1S/C23H30N4O3/c1-7-29-19-10-9-16(12-20(19)30-8-2)21(14(3)4)25-23(28)17-11-18-15(5)26-27(6)22(18)24-13-17/h9-14,21H,7-8H2,1-6H3,(H,25,28)/t21-/m0/s1. The Bertz CT molecular complexity index is 1040. The molecule has 0 saturated heterocycles. The van der Waals surface area contributed by atoms with Gasteiger partial charge in [-0.25, -0.2) is 4.98 Å². The molecule has 3 aromatic rings. The Balaban J connectivity index is 1.89. The predicted molar refractivity (Wildman–Crippen MR) is 117 cm³/mol. The normalized spacial score (nSPS) is 12.2. The summed E-state index contributed by atoms with van der Waals surface area (Å²) in [6.45, 7) is 11.1. The molecule has 2 heterocycles. The van der Waals surface area contributed by atoms with Gasteiger partial charge in [0, 0.05) is 18.6 Å². The maximum Gasteiger partial charge on any atom is 0.253 e. The van der Waals surface area contributed by atoms with Crippen LogP contribution in [-0.4, -0.2) is 33.9 Å². The Morgan fingerprint density at radius 2 is 1.83 bits per heavy atom. The molecule has 0 radical (unpaired) electrons. The van der Waals surface area contributed by atoms with Gasteiger partial charge in [0.25, 0.3) is 5.91 Å². The molecule has 7 nitrogen and oxygen atoms in total. The van der Waals surface area contributed by atoms with E-state index in [9.17, 15) is 4.79 Å². The third-order valence-corrected chi connectivity index (χ3v) is 5.00. The van der Waals surface area contributed by atoms with Crippen LogP contribution in [0.2, 0.25) is 0 Å². The quantitative estimate of drug-likeness (QED) is 0.602. The van der Waals surface area contributed by atoms with Crippen molar-refractivity contribution in [3.05, 3.63) is 47.3 Å². The van der Waals surface area contributed by atoms with Crippen molar-refractivity contribution in [3.63, 3.8) is 0 Å². The molecule has 0 aliphatic carbocycles. The number of nitrogens with one attached hydrogen (secondary N) is 1. The van der Waals surface area contributed by atoms with Crippen molar-refractivity contribution in [1.29, 1.82) is 0 Å². The van der Waals surface area contributed by atoms with Crippen LogP contribution in [0.25, 0.3) is 11.0 Å². The average Bonchev–Trinajstić information content (AvgIpc) is 3.00. The molecule has 0 spiro atoms. The van der Waals surface area contributed by atoms with Gasteiger partial charge < -0.3 is 14.8 Å². The van der Waals surface area contributed by atoms with E-state index < -0.39 is 0 Å². The van der Waals surface area contributed by atoms with E-state index in [-0.39, 0.29) is 17.9 Å². The number of carbonyl (C=O) groups excluding carboxylic acids is 1. The summed E-state index contributed by atoms with van der Waals surface area (Å²) in [5.41, 5.74) is 3.09. The molecule has 7 heteroatoms. The molecular formula is C23H30N4O3. The van der Waals surface area contributed by atoms with Gasteiger partial charge >= 0.3 is 0 Å². The number of carbonyl (C=O) groups is 1. The van der Waals surface area contributed by atoms with Crippen LogP contribution in [0.15, 0.2) is 30.5 Å². The first kappa shape index (κ1) is 21.6. The average molecular weight is 411 g/mol. The number of fused-ring (bicyclic) bond motifs is 1. The summed E-state index contributed by atoms with van der Waals surface area (Å²) < 4.78 is 13.1. The molecule has 1 aromatic carbocycles. The fraction of sp³-hybridized carbons (Fsp3) is 0.435. The maximum atomic E-state index is 13.0. The van der Waals surface area contributed by atoms with Crippen LogP contribution in [0, 0.1) is 12.8 Å². The summed E-state index contributed by atoms with van der Waals surface area (Å²) >= 11 is 0. The van der Waals surface area contributed by atoms with Gasteiger partial charge in [0.05, 0.1) is 30.5 Å². The van der Waals surface area contributed by atoms with Crippen molar-refractivity contribution >= 4 is 16.9 Å². The molecule has 0 fully saturated rings. The minimum Gasteiger partial charge on any atom is -0.490 e. The van der Waals surface area contributed by atoms with E-state index in [1.165, 1.54) is 0 Å². The topological polar surface area (TPSA) is 78.3 Å². The highest BCUT2D eigenvalue weighted by Crippen LogP contribution is 2.33. The summed E-state index contributed by atoms with van der Waals surface area (Å²) in [4.78, 5) is 17.5. The summed E-state index contributed by atoms with van der Waals surface area (Å²) in [6.07, 6.45) is 1.60. The van der Waals surface area contributed by atoms with Crippen molar-refractivity contribution in [2.45, 2.75) is 40.7 Å². The first-order chi connectivity index (χ1) is 14.3. The third-order valence-electron chi connectivity index (χ3n) is 5.00. The van der Waals surface area contributed by atoms with E-state index in [0.717, 1.165) is 22.3 Å². The highest BCUT2D eigenvalue weighted by atomic mass is 16.5. The Hall–Kier alpha value is -3.09. The zero-order chi connectivity index (χ0) is 21.8. The van der Waals surface area contributed by atoms with Gasteiger partial charge in [0.15, 0.2) is 17.1 Å². The molecular weight excluding hydrogens is 380 g/mol. The number of benzene rings is 1. The monoisotopic (exact) mass is 410 g/mol. The number of amides is 1. The number of hydrogen-bond donors (Lipinski definition) is 1. The van der Waals surface area contributed by atoms with Crippen molar-refractivity contribution in [3.8, 4) is 11.5 Å². The number of rotatable bonds is 8. The van der Waals surface area contributed by atoms with Crippen LogP contribution in [0.4, 0.5) is 0 Å². The van der Waals surface area contributed by atoms with E-state index in [2.05, 4.69) is 29.2 Å². The van der Waals surface area contributed by atoms with E-state index in [4.69, 9.17) is 9.47 Å². The predicted octanol–water partition coefficient (Wildman–Crippen LogP) is 4.20. The molecule has 1 atom stereocenters. The third kappa shape index (κ3) is 4.40. The number of nitrogens with zero attached hydrogens (tertiary/aromatic N) is 3. The van der Waals surface area contributed by atoms with Gasteiger partial charge in [-0.1, -0.05) is 19.9 Å². The van der Waals surface area contributed by atoms with Gasteiger partial charge in [-0.15, -0.1) is 0 Å². The Labute approximate surface area is 177 Å². The minimum absolute atomic E-state index is 0.168. The first-order valence-corrected chi connectivity index (χ1v) is 10.3. The van der Waals surface area contributed by atoms with E-state index in [0.29, 0.717) is 30.3 Å². The van der Waals surface area contributed by atoms with E-state index >= 15 is 0 Å². The SMILES string of the molecule is CCOc1ccc([C@@H](NC(=O)c2cnc3c(c2)c(C)nn3C)C(C)C)cc1OCC. The van der Waals surface area contributed by atoms with Crippen LogP contribution in [0.1, 0.15) is 55.4 Å². The van der Waals surface area contributed by atoms with Crippen LogP contribution in [0.3, 0.4) is 0 Å². The zero-order valence-electron chi connectivity index (χ0n) is 18.5. The molecule has 0 unspecified atom stereocenters. The Kier molecular flexibility index (Phi) is 6.59. The molecule has 0 aliphatic rings. The van der Waals surface area contributed by atoms with Crippen molar-refractivity contribution in [2.24, 2.45) is 13.0 Å². The summed E-state index contributed by atoms with van der Waals surface area (Å²) in [6, 6.07) is 7.49. The zero-order valence-corrected chi connectivity index (χ0v) is 18.5. The molecule has 2 aromatic heterocycles. The van der Waals surface area contributed by atoms with Crippen LogP contribution in [-0.2, 0) is 7.05 Å². The van der Waals surface area contributed by atoms with Crippen molar-refractivity contribution in [1.82, 2.24) is 20.1 Å². The van der Waals surface area contributed by atoms with Gasteiger partial charge in [0.1, 0.15) is 0 Å². The molecule has 0 bridgehead atoms. The number of aryl methyl sites for hydroxylation is 2. The first-order valence-electron chi connectivity index (χ1n) is 10.3. The van der Waals surface area contributed by atoms with Crippen LogP contribution >= 0.6 is 0 Å². The van der Waals surface area contributed by atoms with Crippen LogP contribution in [0.5, 0.6) is 11.5 Å². The van der Waals surface area contributed by atoms with Gasteiger partial charge in [-0.3, -0.25) is 9.48 Å². The fourth-order valence-electron chi connectivity index (χ4n) is 3.55. The lowest BCUT2D eigenvalue weighted by molar-refractivity contribution is 0.0925. The van der Waals surface area contributed by atoms with E-state index in [1.54, 1.807) is 10.9 Å². The largest absolute Gasteiger partial charge is 0.490 e. The van der Waals surface area contributed by atoms with Crippen molar-refractivity contribution < 1.29 is 14.3 Å². The smallest absolute Gasteiger partial charge is 0.253 e. The van der Waals surface area contributed by atoms with Gasteiger partial charge in [-0.05, 0) is 50.5 Å². The van der Waals surface area contributed by atoms with Crippen LogP contribution < -0.4 is 14.8 Å². The highest BCUT2D eigenvalue weighted by Gasteiger charge is 2.22. The number of hydrogen-bond acceptors (Lipinski definition) is 5. The summed E-state index contributed by atoms with van der Waals surface area (Å²) in [5.74, 6) is 1.40. The second kappa shape index (κ2) is 9.15. The molecule has 0 aliphatic heterocycles. The Morgan fingerprint density at radius 3 is 2.50 bits per heavy atom.